The van der Waals surface area contributed by atoms with E-state index < -0.39 is 15.9 Å². The lowest BCUT2D eigenvalue weighted by Gasteiger charge is -2.24. The van der Waals surface area contributed by atoms with Gasteiger partial charge in [-0.1, -0.05) is 13.3 Å². The van der Waals surface area contributed by atoms with Gasteiger partial charge in [0.05, 0.1) is 37.4 Å². The Morgan fingerprint density at radius 2 is 2.05 bits per heavy atom. The topological polar surface area (TPSA) is 84.9 Å². The van der Waals surface area contributed by atoms with Gasteiger partial charge in [-0.2, -0.15) is 0 Å². The van der Waals surface area contributed by atoms with E-state index in [1.54, 1.807) is 0 Å². The predicted octanol–water partition coefficient (Wildman–Crippen LogP) is 0.347. The van der Waals surface area contributed by atoms with Gasteiger partial charge in [-0.25, -0.2) is 8.42 Å². The molecule has 2 N–H and O–H groups in total. The second-order valence-corrected chi connectivity index (χ2v) is 7.79. The molecule has 21 heavy (non-hydrogen) atoms. The molecule has 0 radical (unpaired) electrons. The van der Waals surface area contributed by atoms with Gasteiger partial charge in [-0.15, -0.1) is 0 Å². The number of unbranched alkanes of at least 4 members (excludes halogenated alkanes) is 1. The predicted molar refractivity (Wildman–Crippen MR) is 82.2 cm³/mol. The monoisotopic (exact) mass is 323 g/mol. The van der Waals surface area contributed by atoms with E-state index in [0.717, 1.165) is 25.9 Å². The Bertz CT molecular complexity index is 360. The van der Waals surface area contributed by atoms with Crippen molar-refractivity contribution in [1.82, 2.24) is 5.32 Å². The van der Waals surface area contributed by atoms with Crippen LogP contribution in [0.4, 0.5) is 0 Å². The van der Waals surface area contributed by atoms with E-state index >= 15 is 0 Å². The second-order valence-electron chi connectivity index (χ2n) is 5.56. The molecular formula is C14H29NO5S. The molecule has 0 spiro atoms. The van der Waals surface area contributed by atoms with Crippen LogP contribution in [-0.4, -0.2) is 70.1 Å². The molecule has 1 heterocycles. The van der Waals surface area contributed by atoms with Gasteiger partial charge in [-0.3, -0.25) is 0 Å². The van der Waals surface area contributed by atoms with Crippen molar-refractivity contribution in [2.24, 2.45) is 0 Å². The molecule has 2 unspecified atom stereocenters. The fraction of sp³-hybridized carbons (Fsp3) is 1.00. The van der Waals surface area contributed by atoms with Gasteiger partial charge >= 0.3 is 0 Å². The lowest BCUT2D eigenvalue weighted by molar-refractivity contribution is 0.00327. The van der Waals surface area contributed by atoms with Crippen molar-refractivity contribution in [1.29, 1.82) is 0 Å². The first-order valence-electron chi connectivity index (χ1n) is 7.81. The fourth-order valence-corrected chi connectivity index (χ4v) is 3.90. The van der Waals surface area contributed by atoms with Gasteiger partial charge < -0.3 is 19.9 Å². The highest BCUT2D eigenvalue weighted by Crippen LogP contribution is 2.11. The van der Waals surface area contributed by atoms with Crippen LogP contribution in [0.3, 0.4) is 0 Å². The molecule has 0 aliphatic carbocycles. The fourth-order valence-electron chi connectivity index (χ4n) is 2.23. The molecule has 0 aromatic carbocycles. The molecule has 1 aliphatic rings. The maximum Gasteiger partial charge on any atom is 0.151 e. The van der Waals surface area contributed by atoms with Crippen molar-refractivity contribution < 1.29 is 23.0 Å². The summed E-state index contributed by atoms with van der Waals surface area (Å²) in [5, 5.41) is 12.9. The van der Waals surface area contributed by atoms with E-state index in [0.29, 0.717) is 26.2 Å². The molecule has 0 aromatic rings. The summed E-state index contributed by atoms with van der Waals surface area (Å²) in [5.41, 5.74) is 0. The summed E-state index contributed by atoms with van der Waals surface area (Å²) < 4.78 is 33.6. The zero-order chi connectivity index (χ0) is 15.6. The normalized spacial score (nSPS) is 23.0. The second kappa shape index (κ2) is 10.5. The minimum absolute atomic E-state index is 0.0456. The van der Waals surface area contributed by atoms with Crippen LogP contribution in [0.25, 0.3) is 0 Å². The van der Waals surface area contributed by atoms with Crippen LogP contribution in [0.1, 0.15) is 32.6 Å². The number of aliphatic hydroxyl groups excluding tert-OH is 1. The molecule has 126 valence electrons. The highest BCUT2D eigenvalue weighted by atomic mass is 32.2. The summed E-state index contributed by atoms with van der Waals surface area (Å²) >= 11 is 0. The van der Waals surface area contributed by atoms with E-state index in [4.69, 9.17) is 9.47 Å². The van der Waals surface area contributed by atoms with E-state index in [9.17, 15) is 13.5 Å². The van der Waals surface area contributed by atoms with Crippen LogP contribution < -0.4 is 5.32 Å². The van der Waals surface area contributed by atoms with Crippen molar-refractivity contribution in [2.75, 3.05) is 44.5 Å². The Hall–Kier alpha value is -0.210. The Kier molecular flexibility index (Phi) is 9.42. The lowest BCUT2D eigenvalue weighted by Crippen LogP contribution is -2.44. The highest BCUT2D eigenvalue weighted by Gasteiger charge is 2.24. The summed E-state index contributed by atoms with van der Waals surface area (Å²) in [5.74, 6) is 0.459. The number of sulfone groups is 1. The minimum Gasteiger partial charge on any atom is -0.389 e. The molecule has 6 nitrogen and oxygen atoms in total. The molecule has 1 aliphatic heterocycles. The van der Waals surface area contributed by atoms with E-state index in [-0.39, 0.29) is 24.2 Å². The summed E-state index contributed by atoms with van der Waals surface area (Å²) in [6.07, 6.45) is 3.09. The third-order valence-electron chi connectivity index (χ3n) is 3.43. The van der Waals surface area contributed by atoms with Crippen LogP contribution in [0.5, 0.6) is 0 Å². The first-order chi connectivity index (χ1) is 10.0. The SMILES string of the molecule is CCCCOCCOCC(O)CNC1CCCS(=O)(=O)C1. The Labute approximate surface area is 128 Å². The van der Waals surface area contributed by atoms with Crippen molar-refractivity contribution in [2.45, 2.75) is 44.8 Å². The summed E-state index contributed by atoms with van der Waals surface area (Å²) in [4.78, 5) is 0. The maximum absolute atomic E-state index is 11.5. The average molecular weight is 323 g/mol. The molecule has 1 rings (SSSR count). The van der Waals surface area contributed by atoms with E-state index in [1.807, 2.05) is 0 Å². The van der Waals surface area contributed by atoms with Crippen molar-refractivity contribution >= 4 is 9.84 Å². The maximum atomic E-state index is 11.5. The van der Waals surface area contributed by atoms with E-state index in [1.165, 1.54) is 0 Å². The van der Waals surface area contributed by atoms with Crippen LogP contribution in [0.15, 0.2) is 0 Å². The first-order valence-corrected chi connectivity index (χ1v) is 9.63. The third kappa shape index (κ3) is 9.42. The van der Waals surface area contributed by atoms with Gasteiger partial charge in [0.2, 0.25) is 0 Å². The quantitative estimate of drug-likeness (QED) is 0.534. The molecule has 2 atom stereocenters. The number of rotatable bonds is 11. The Balaban J connectivity index is 1.99. The first kappa shape index (κ1) is 18.8. The Morgan fingerprint density at radius 1 is 1.29 bits per heavy atom. The highest BCUT2D eigenvalue weighted by molar-refractivity contribution is 7.91. The molecule has 1 saturated heterocycles. The number of hydrogen-bond donors (Lipinski definition) is 2. The summed E-state index contributed by atoms with van der Waals surface area (Å²) in [6.45, 7) is 4.47. The van der Waals surface area contributed by atoms with Gasteiger partial charge in [0.25, 0.3) is 0 Å². The van der Waals surface area contributed by atoms with Crippen molar-refractivity contribution in [3.8, 4) is 0 Å². The van der Waals surface area contributed by atoms with Crippen molar-refractivity contribution in [3.63, 3.8) is 0 Å². The third-order valence-corrected chi connectivity index (χ3v) is 5.25. The molecular weight excluding hydrogens is 294 g/mol. The summed E-state index contributed by atoms with van der Waals surface area (Å²) in [6, 6.07) is -0.0456. The number of hydrogen-bond acceptors (Lipinski definition) is 6. The standard InChI is InChI=1S/C14H29NO5S/c1-2-3-6-19-7-8-20-11-14(16)10-15-13-5-4-9-21(17,18)12-13/h13-16H,2-12H2,1H3. The van der Waals surface area contributed by atoms with Gasteiger partial charge in [0.15, 0.2) is 9.84 Å². The van der Waals surface area contributed by atoms with E-state index in [2.05, 4.69) is 12.2 Å². The van der Waals surface area contributed by atoms with Gasteiger partial charge in [-0.05, 0) is 19.3 Å². The smallest absolute Gasteiger partial charge is 0.151 e. The van der Waals surface area contributed by atoms with Crippen LogP contribution in [-0.2, 0) is 19.3 Å². The molecule has 0 aromatic heterocycles. The molecule has 0 amide bonds. The van der Waals surface area contributed by atoms with Gasteiger partial charge in [0.1, 0.15) is 0 Å². The minimum atomic E-state index is -2.90. The molecule has 1 fully saturated rings. The number of ether oxygens (including phenoxy) is 2. The zero-order valence-electron chi connectivity index (χ0n) is 12.9. The molecule has 7 heteroatoms. The largest absolute Gasteiger partial charge is 0.389 e. The lowest BCUT2D eigenvalue weighted by atomic mass is 10.2. The van der Waals surface area contributed by atoms with Crippen LogP contribution in [0, 0.1) is 0 Å². The van der Waals surface area contributed by atoms with Gasteiger partial charge in [0, 0.05) is 19.2 Å². The molecule has 0 bridgehead atoms. The Morgan fingerprint density at radius 3 is 2.76 bits per heavy atom. The number of nitrogens with one attached hydrogen (secondary N) is 1. The van der Waals surface area contributed by atoms with Crippen LogP contribution in [0.2, 0.25) is 0 Å². The zero-order valence-corrected chi connectivity index (χ0v) is 13.7. The average Bonchev–Trinajstić information content (AvgIpc) is 2.43. The summed E-state index contributed by atoms with van der Waals surface area (Å²) in [7, 11) is -2.90. The number of aliphatic hydroxyl groups is 1. The molecule has 0 saturated carbocycles. The van der Waals surface area contributed by atoms with Crippen LogP contribution >= 0.6 is 0 Å². The van der Waals surface area contributed by atoms with Crippen molar-refractivity contribution in [3.05, 3.63) is 0 Å².